The van der Waals surface area contributed by atoms with E-state index in [1.54, 1.807) is 11.8 Å². The molecule has 11 heteroatoms. The summed E-state index contributed by atoms with van der Waals surface area (Å²) in [6.07, 6.45) is -3.09. The van der Waals surface area contributed by atoms with Crippen molar-refractivity contribution in [2.45, 2.75) is 19.5 Å². The van der Waals surface area contributed by atoms with Crippen LogP contribution in [-0.4, -0.2) is 47.1 Å². The number of halogens is 5. The summed E-state index contributed by atoms with van der Waals surface area (Å²) in [5.74, 6) is -0.373. The molecule has 0 N–H and O–H groups in total. The maximum atomic E-state index is 14.5. The zero-order valence-corrected chi connectivity index (χ0v) is 18.3. The zero-order chi connectivity index (χ0) is 23.8. The fraction of sp³-hybridized carbons (Fsp3) is 0.318. The van der Waals surface area contributed by atoms with Crippen molar-refractivity contribution in [1.29, 1.82) is 0 Å². The molecule has 33 heavy (non-hydrogen) atoms. The van der Waals surface area contributed by atoms with Crippen molar-refractivity contribution in [2.24, 2.45) is 0 Å². The third-order valence-corrected chi connectivity index (χ3v) is 5.77. The van der Waals surface area contributed by atoms with Gasteiger partial charge in [0.25, 0.3) is 5.91 Å². The molecule has 0 spiro atoms. The van der Waals surface area contributed by atoms with Crippen molar-refractivity contribution in [3.05, 3.63) is 64.3 Å². The summed E-state index contributed by atoms with van der Waals surface area (Å²) in [6.45, 7) is 3.12. The Bertz CT molecular complexity index is 1140. The van der Waals surface area contributed by atoms with E-state index in [-0.39, 0.29) is 40.1 Å². The van der Waals surface area contributed by atoms with E-state index in [2.05, 4.69) is 10.1 Å². The summed E-state index contributed by atoms with van der Waals surface area (Å²) in [5, 5.41) is 3.98. The van der Waals surface area contributed by atoms with Crippen molar-refractivity contribution >= 4 is 23.3 Å². The van der Waals surface area contributed by atoms with Crippen molar-refractivity contribution < 1.29 is 26.9 Å². The smallest absolute Gasteiger partial charge is 0.360 e. The van der Waals surface area contributed by atoms with Crippen LogP contribution >= 0.6 is 11.6 Å². The summed E-state index contributed by atoms with van der Waals surface area (Å²) in [6, 6.07) is 6.48. The lowest BCUT2D eigenvalue weighted by atomic mass is 10.0. The third kappa shape index (κ3) is 4.66. The molecule has 0 aliphatic carbocycles. The van der Waals surface area contributed by atoms with E-state index in [1.165, 1.54) is 24.3 Å². The Balaban J connectivity index is 1.54. The van der Waals surface area contributed by atoms with E-state index in [4.69, 9.17) is 16.1 Å². The van der Waals surface area contributed by atoms with Crippen LogP contribution in [0.15, 0.2) is 41.1 Å². The van der Waals surface area contributed by atoms with Gasteiger partial charge in [0.1, 0.15) is 28.7 Å². The number of alkyl halides is 3. The van der Waals surface area contributed by atoms with Crippen LogP contribution < -0.4 is 4.90 Å². The van der Waals surface area contributed by atoms with Crippen LogP contribution in [0.3, 0.4) is 0 Å². The monoisotopic (exact) mass is 482 g/mol. The van der Waals surface area contributed by atoms with Gasteiger partial charge in [0.2, 0.25) is 0 Å². The Labute approximate surface area is 191 Å². The predicted octanol–water partition coefficient (Wildman–Crippen LogP) is 5.21. The third-order valence-electron chi connectivity index (χ3n) is 5.46. The first kappa shape index (κ1) is 23.0. The molecule has 0 saturated carbocycles. The van der Waals surface area contributed by atoms with Crippen LogP contribution in [0.4, 0.5) is 23.4 Å². The largest absolute Gasteiger partial charge is 0.417 e. The lowest BCUT2D eigenvalue weighted by molar-refractivity contribution is -0.137. The molecule has 0 atom stereocenters. The molecule has 0 unspecified atom stereocenters. The first-order valence-corrected chi connectivity index (χ1v) is 10.5. The highest BCUT2D eigenvalue weighted by atomic mass is 35.5. The maximum Gasteiger partial charge on any atom is 0.417 e. The van der Waals surface area contributed by atoms with Gasteiger partial charge in [-0.15, -0.1) is 0 Å². The average molecular weight is 483 g/mol. The lowest BCUT2D eigenvalue weighted by Crippen LogP contribution is -2.35. The van der Waals surface area contributed by atoms with Crippen LogP contribution in [0, 0.1) is 12.7 Å². The Morgan fingerprint density at radius 2 is 1.91 bits per heavy atom. The number of aryl methyl sites for hydroxylation is 1. The predicted molar refractivity (Wildman–Crippen MR) is 114 cm³/mol. The van der Waals surface area contributed by atoms with Crippen molar-refractivity contribution in [1.82, 2.24) is 15.0 Å². The van der Waals surface area contributed by atoms with E-state index >= 15 is 0 Å². The van der Waals surface area contributed by atoms with E-state index in [0.29, 0.717) is 31.9 Å². The van der Waals surface area contributed by atoms with E-state index in [1.807, 2.05) is 4.90 Å². The first-order chi connectivity index (χ1) is 15.7. The molecule has 4 rings (SSSR count). The summed E-state index contributed by atoms with van der Waals surface area (Å²) in [4.78, 5) is 20.7. The molecular weight excluding hydrogens is 464 g/mol. The van der Waals surface area contributed by atoms with Gasteiger partial charge in [-0.1, -0.05) is 22.8 Å². The summed E-state index contributed by atoms with van der Waals surface area (Å²) in [7, 11) is 0. The van der Waals surface area contributed by atoms with Gasteiger partial charge < -0.3 is 14.3 Å². The molecule has 2 aromatic heterocycles. The van der Waals surface area contributed by atoms with Crippen molar-refractivity contribution in [2.75, 3.05) is 31.1 Å². The SMILES string of the molecule is Cc1onc(-c2c(F)cccc2Cl)c1C(=O)N1CCCN(c2ccc(C(F)(F)F)cn2)CC1. The summed E-state index contributed by atoms with van der Waals surface area (Å²) < 4.78 is 58.1. The van der Waals surface area contributed by atoms with Gasteiger partial charge in [0, 0.05) is 32.4 Å². The van der Waals surface area contributed by atoms with E-state index in [9.17, 15) is 22.4 Å². The van der Waals surface area contributed by atoms with Crippen LogP contribution in [0.5, 0.6) is 0 Å². The highest BCUT2D eigenvalue weighted by Crippen LogP contribution is 2.34. The Morgan fingerprint density at radius 3 is 2.58 bits per heavy atom. The molecule has 0 radical (unpaired) electrons. The number of pyridine rings is 1. The Kier molecular flexibility index (Phi) is 6.29. The molecule has 1 aromatic carbocycles. The number of carbonyl (C=O) groups is 1. The lowest BCUT2D eigenvalue weighted by Gasteiger charge is -2.23. The highest BCUT2D eigenvalue weighted by molar-refractivity contribution is 6.33. The normalized spacial score (nSPS) is 15.0. The minimum absolute atomic E-state index is 0.00947. The van der Waals surface area contributed by atoms with Gasteiger partial charge in [0.05, 0.1) is 16.1 Å². The Hall–Kier alpha value is -3.14. The number of anilines is 1. The number of amides is 1. The molecular formula is C22H19ClF4N4O2. The van der Waals surface area contributed by atoms with Gasteiger partial charge in [-0.3, -0.25) is 4.79 Å². The van der Waals surface area contributed by atoms with Gasteiger partial charge in [-0.25, -0.2) is 9.37 Å². The summed E-state index contributed by atoms with van der Waals surface area (Å²) >= 11 is 6.16. The molecule has 0 bridgehead atoms. The average Bonchev–Trinajstić information content (AvgIpc) is 2.98. The second-order valence-electron chi connectivity index (χ2n) is 7.59. The van der Waals surface area contributed by atoms with Crippen molar-refractivity contribution in [3.63, 3.8) is 0 Å². The number of rotatable bonds is 3. The van der Waals surface area contributed by atoms with Crippen LogP contribution in [0.2, 0.25) is 5.02 Å². The maximum absolute atomic E-state index is 14.5. The van der Waals surface area contributed by atoms with Crippen LogP contribution in [0.1, 0.15) is 28.1 Å². The fourth-order valence-corrected chi connectivity index (χ4v) is 4.02. The van der Waals surface area contributed by atoms with E-state index < -0.39 is 17.6 Å². The number of nitrogens with zero attached hydrogens (tertiary/aromatic N) is 4. The van der Waals surface area contributed by atoms with Gasteiger partial charge >= 0.3 is 6.18 Å². The topological polar surface area (TPSA) is 62.5 Å². The molecule has 3 aromatic rings. The first-order valence-electron chi connectivity index (χ1n) is 10.1. The second-order valence-corrected chi connectivity index (χ2v) is 8.00. The fourth-order valence-electron chi connectivity index (χ4n) is 3.77. The molecule has 6 nitrogen and oxygen atoms in total. The van der Waals surface area contributed by atoms with Crippen LogP contribution in [-0.2, 0) is 6.18 Å². The molecule has 1 aliphatic heterocycles. The van der Waals surface area contributed by atoms with Crippen molar-refractivity contribution in [3.8, 4) is 11.3 Å². The quantitative estimate of drug-likeness (QED) is 0.480. The molecule has 3 heterocycles. The van der Waals surface area contributed by atoms with Gasteiger partial charge in [-0.2, -0.15) is 13.2 Å². The molecule has 174 valence electrons. The number of aromatic nitrogens is 2. The van der Waals surface area contributed by atoms with Gasteiger partial charge in [0.15, 0.2) is 0 Å². The van der Waals surface area contributed by atoms with E-state index in [0.717, 1.165) is 12.3 Å². The standard InChI is InChI=1S/C22H19ClF4N4O2/c1-13-18(20(29-33-13)19-15(23)4-2-5-16(19)24)21(32)31-9-3-8-30(10-11-31)17-7-6-14(12-28-17)22(25,26)27/h2,4-7,12H,3,8-11H2,1H3. The summed E-state index contributed by atoms with van der Waals surface area (Å²) in [5.41, 5.74) is -0.667. The molecule has 1 saturated heterocycles. The molecule has 1 fully saturated rings. The van der Waals surface area contributed by atoms with Gasteiger partial charge in [-0.05, 0) is 37.6 Å². The number of hydrogen-bond donors (Lipinski definition) is 0. The number of carbonyl (C=O) groups excluding carboxylic acids is 1. The number of benzene rings is 1. The zero-order valence-electron chi connectivity index (χ0n) is 17.5. The molecule has 1 aliphatic rings. The van der Waals surface area contributed by atoms with Crippen LogP contribution in [0.25, 0.3) is 11.3 Å². The minimum atomic E-state index is -4.46. The number of hydrogen-bond acceptors (Lipinski definition) is 5. The highest BCUT2D eigenvalue weighted by Gasteiger charge is 2.32. The molecule has 1 amide bonds. The second kappa shape index (κ2) is 9.01. The Morgan fingerprint density at radius 1 is 1.12 bits per heavy atom. The minimum Gasteiger partial charge on any atom is -0.360 e.